The molecular formula is C8H10N4O. The van der Waals surface area contributed by atoms with Crippen LogP contribution in [-0.4, -0.2) is 14.9 Å². The third-order valence-electron chi connectivity index (χ3n) is 1.82. The van der Waals surface area contributed by atoms with Gasteiger partial charge in [-0.1, -0.05) is 5.16 Å². The van der Waals surface area contributed by atoms with Gasteiger partial charge in [-0.05, 0) is 6.92 Å². The fraction of sp³-hybridized carbons (Fsp3) is 0.250. The van der Waals surface area contributed by atoms with Gasteiger partial charge in [-0.2, -0.15) is 5.10 Å². The van der Waals surface area contributed by atoms with E-state index in [1.165, 1.54) is 0 Å². The highest BCUT2D eigenvalue weighted by Gasteiger charge is 2.03. The highest BCUT2D eigenvalue weighted by atomic mass is 16.5. The quantitative estimate of drug-likeness (QED) is 0.738. The third-order valence-corrected chi connectivity index (χ3v) is 1.82. The van der Waals surface area contributed by atoms with E-state index in [1.54, 1.807) is 12.5 Å². The van der Waals surface area contributed by atoms with Crippen molar-refractivity contribution in [1.82, 2.24) is 14.9 Å². The molecule has 13 heavy (non-hydrogen) atoms. The highest BCUT2D eigenvalue weighted by Crippen LogP contribution is 2.07. The molecule has 2 aromatic rings. The van der Waals surface area contributed by atoms with Crippen molar-refractivity contribution in [3.63, 3.8) is 0 Å². The van der Waals surface area contributed by atoms with Crippen LogP contribution in [0.4, 0.5) is 5.82 Å². The lowest BCUT2D eigenvalue weighted by Crippen LogP contribution is -2.03. The molecule has 68 valence electrons. The van der Waals surface area contributed by atoms with Crippen LogP contribution in [0.2, 0.25) is 0 Å². The Labute approximate surface area is 75.1 Å². The molecule has 2 rings (SSSR count). The molecule has 0 saturated carbocycles. The van der Waals surface area contributed by atoms with Crippen LogP contribution in [0.15, 0.2) is 23.0 Å². The summed E-state index contributed by atoms with van der Waals surface area (Å²) in [7, 11) is 0. The van der Waals surface area contributed by atoms with Gasteiger partial charge < -0.3 is 10.3 Å². The second-order valence-electron chi connectivity index (χ2n) is 2.90. The normalized spacial score (nSPS) is 10.5. The van der Waals surface area contributed by atoms with Crippen LogP contribution >= 0.6 is 0 Å². The van der Waals surface area contributed by atoms with E-state index in [0.717, 1.165) is 11.3 Å². The number of nitrogen functional groups attached to an aromatic ring is 1. The molecule has 0 fully saturated rings. The Morgan fingerprint density at radius 2 is 2.46 bits per heavy atom. The van der Waals surface area contributed by atoms with Crippen LogP contribution in [-0.2, 0) is 6.54 Å². The summed E-state index contributed by atoms with van der Waals surface area (Å²) in [6, 6.07) is 1.83. The van der Waals surface area contributed by atoms with Gasteiger partial charge in [-0.15, -0.1) is 0 Å². The minimum atomic E-state index is 0.536. The molecule has 2 aromatic heterocycles. The van der Waals surface area contributed by atoms with E-state index < -0.39 is 0 Å². The molecule has 0 spiro atoms. The van der Waals surface area contributed by atoms with Crippen LogP contribution in [0, 0.1) is 6.92 Å². The number of aromatic nitrogens is 3. The van der Waals surface area contributed by atoms with E-state index in [1.807, 2.05) is 17.7 Å². The second kappa shape index (κ2) is 2.93. The highest BCUT2D eigenvalue weighted by molar-refractivity contribution is 5.29. The van der Waals surface area contributed by atoms with Crippen molar-refractivity contribution in [2.45, 2.75) is 13.5 Å². The van der Waals surface area contributed by atoms with Crippen molar-refractivity contribution in [2.24, 2.45) is 0 Å². The number of nitrogens with two attached hydrogens (primary N) is 1. The van der Waals surface area contributed by atoms with E-state index in [9.17, 15) is 0 Å². The lowest BCUT2D eigenvalue weighted by molar-refractivity contribution is 0.418. The number of aryl methyl sites for hydroxylation is 1. The Hall–Kier alpha value is -1.78. The molecule has 5 heteroatoms. The molecular weight excluding hydrogens is 168 g/mol. The standard InChI is InChI=1S/C8H10N4O/c1-6-2-8(9)11-12(6)4-7-3-10-13-5-7/h2-3,5H,4H2,1H3,(H2,9,11). The average molecular weight is 178 g/mol. The van der Waals surface area contributed by atoms with Gasteiger partial charge in [-0.3, -0.25) is 4.68 Å². The minimum Gasteiger partial charge on any atom is -0.382 e. The zero-order valence-corrected chi connectivity index (χ0v) is 7.27. The first-order valence-corrected chi connectivity index (χ1v) is 3.94. The predicted octanol–water partition coefficient (Wildman–Crippen LogP) is 0.810. The van der Waals surface area contributed by atoms with Gasteiger partial charge >= 0.3 is 0 Å². The molecule has 0 saturated heterocycles. The van der Waals surface area contributed by atoms with Gasteiger partial charge in [0.05, 0.1) is 12.7 Å². The number of nitrogens with zero attached hydrogens (tertiary/aromatic N) is 3. The number of hydrogen-bond donors (Lipinski definition) is 1. The summed E-state index contributed by atoms with van der Waals surface area (Å²) in [5.74, 6) is 0.536. The zero-order chi connectivity index (χ0) is 9.26. The van der Waals surface area contributed by atoms with Gasteiger partial charge in [0.2, 0.25) is 0 Å². The molecule has 0 aliphatic rings. The SMILES string of the molecule is Cc1cc(N)nn1Cc1cnoc1. The smallest absolute Gasteiger partial charge is 0.145 e. The second-order valence-corrected chi connectivity index (χ2v) is 2.90. The fourth-order valence-corrected chi connectivity index (χ4v) is 1.17. The van der Waals surface area contributed by atoms with Gasteiger partial charge in [0, 0.05) is 17.3 Å². The van der Waals surface area contributed by atoms with E-state index in [2.05, 4.69) is 10.3 Å². The Morgan fingerprint density at radius 1 is 1.62 bits per heavy atom. The average Bonchev–Trinajstić information content (AvgIpc) is 2.63. The summed E-state index contributed by atoms with van der Waals surface area (Å²) in [6.45, 7) is 2.60. The Bertz CT molecular complexity index is 390. The minimum absolute atomic E-state index is 0.536. The molecule has 0 unspecified atom stereocenters. The molecule has 5 nitrogen and oxygen atoms in total. The first-order valence-electron chi connectivity index (χ1n) is 3.94. The van der Waals surface area contributed by atoms with Crippen molar-refractivity contribution in [2.75, 3.05) is 5.73 Å². The predicted molar refractivity (Wildman–Crippen MR) is 47.0 cm³/mol. The third kappa shape index (κ3) is 1.53. The summed E-state index contributed by atoms with van der Waals surface area (Å²) >= 11 is 0. The number of anilines is 1. The molecule has 0 amide bonds. The van der Waals surface area contributed by atoms with E-state index in [4.69, 9.17) is 10.3 Å². The van der Waals surface area contributed by atoms with Crippen LogP contribution in [0.25, 0.3) is 0 Å². The van der Waals surface area contributed by atoms with Crippen LogP contribution < -0.4 is 5.73 Å². The molecule has 2 heterocycles. The van der Waals surface area contributed by atoms with Gasteiger partial charge in [0.15, 0.2) is 0 Å². The maximum absolute atomic E-state index is 5.54. The summed E-state index contributed by atoms with van der Waals surface area (Å²) in [6.07, 6.45) is 3.26. The van der Waals surface area contributed by atoms with Gasteiger partial charge in [0.1, 0.15) is 12.1 Å². The molecule has 0 radical (unpaired) electrons. The Morgan fingerprint density at radius 3 is 3.00 bits per heavy atom. The van der Waals surface area contributed by atoms with Gasteiger partial charge in [-0.25, -0.2) is 0 Å². The number of rotatable bonds is 2. The molecule has 0 aromatic carbocycles. The van der Waals surface area contributed by atoms with Gasteiger partial charge in [0.25, 0.3) is 0 Å². The molecule has 0 aliphatic carbocycles. The van der Waals surface area contributed by atoms with E-state index in [-0.39, 0.29) is 0 Å². The summed E-state index contributed by atoms with van der Waals surface area (Å²) in [5, 5.41) is 7.72. The topological polar surface area (TPSA) is 69.9 Å². The number of hydrogen-bond acceptors (Lipinski definition) is 4. The summed E-state index contributed by atoms with van der Waals surface area (Å²) < 4.78 is 6.52. The molecule has 0 atom stereocenters. The first kappa shape index (κ1) is 7.85. The first-order chi connectivity index (χ1) is 6.25. The summed E-state index contributed by atoms with van der Waals surface area (Å²) in [5.41, 5.74) is 7.54. The maximum atomic E-state index is 5.54. The van der Waals surface area contributed by atoms with Crippen molar-refractivity contribution in [3.05, 3.63) is 29.8 Å². The van der Waals surface area contributed by atoms with Crippen molar-refractivity contribution in [3.8, 4) is 0 Å². The van der Waals surface area contributed by atoms with Crippen LogP contribution in [0.3, 0.4) is 0 Å². The summed E-state index contributed by atoms with van der Waals surface area (Å²) in [4.78, 5) is 0. The molecule has 0 bridgehead atoms. The molecule has 2 N–H and O–H groups in total. The lowest BCUT2D eigenvalue weighted by atomic mass is 10.3. The largest absolute Gasteiger partial charge is 0.382 e. The Kier molecular flexibility index (Phi) is 1.77. The van der Waals surface area contributed by atoms with Crippen molar-refractivity contribution >= 4 is 5.82 Å². The molecule has 0 aliphatic heterocycles. The monoisotopic (exact) mass is 178 g/mol. The Balaban J connectivity index is 2.23. The van der Waals surface area contributed by atoms with Crippen molar-refractivity contribution in [1.29, 1.82) is 0 Å². The van der Waals surface area contributed by atoms with E-state index >= 15 is 0 Å². The lowest BCUT2D eigenvalue weighted by Gasteiger charge is -1.99. The zero-order valence-electron chi connectivity index (χ0n) is 7.27. The van der Waals surface area contributed by atoms with Crippen LogP contribution in [0.1, 0.15) is 11.3 Å². The van der Waals surface area contributed by atoms with E-state index in [0.29, 0.717) is 12.4 Å². The maximum Gasteiger partial charge on any atom is 0.145 e. The van der Waals surface area contributed by atoms with Crippen LogP contribution in [0.5, 0.6) is 0 Å². The van der Waals surface area contributed by atoms with Crippen molar-refractivity contribution < 1.29 is 4.52 Å². The fourth-order valence-electron chi connectivity index (χ4n) is 1.17.